The number of hydrogen-bond donors (Lipinski definition) is 1. The molecule has 14 heavy (non-hydrogen) atoms. The number of aliphatic carboxylic acids is 1. The van der Waals surface area contributed by atoms with Gasteiger partial charge in [-0.3, -0.25) is 0 Å². The highest BCUT2D eigenvalue weighted by molar-refractivity contribution is 5.87. The quantitative estimate of drug-likeness (QED) is 0.541. The van der Waals surface area contributed by atoms with Crippen molar-refractivity contribution in [3.8, 4) is 6.07 Å². The van der Waals surface area contributed by atoms with Crippen LogP contribution in [-0.4, -0.2) is 11.1 Å². The lowest BCUT2D eigenvalue weighted by Gasteiger charge is -2.21. The van der Waals surface area contributed by atoms with E-state index in [4.69, 9.17) is 10.4 Å². The van der Waals surface area contributed by atoms with E-state index in [0.29, 0.717) is 5.57 Å². The molecule has 0 heterocycles. The molecule has 0 saturated heterocycles. The van der Waals surface area contributed by atoms with Crippen molar-refractivity contribution in [1.29, 1.82) is 5.26 Å². The third-order valence-corrected chi connectivity index (χ3v) is 2.86. The molecule has 0 amide bonds. The van der Waals surface area contributed by atoms with Gasteiger partial charge in [-0.25, -0.2) is 4.79 Å². The van der Waals surface area contributed by atoms with Crippen LogP contribution in [0.25, 0.3) is 0 Å². The zero-order chi connectivity index (χ0) is 10.6. The van der Waals surface area contributed by atoms with E-state index < -0.39 is 5.97 Å². The van der Waals surface area contributed by atoms with Crippen molar-refractivity contribution < 1.29 is 9.90 Å². The number of carboxylic acids is 1. The summed E-state index contributed by atoms with van der Waals surface area (Å²) in [5.74, 6) is -0.781. The van der Waals surface area contributed by atoms with Crippen molar-refractivity contribution in [2.24, 2.45) is 5.92 Å². The molecule has 1 aliphatic rings. The molecule has 3 nitrogen and oxygen atoms in total. The molecular weight excluding hydrogens is 178 g/mol. The van der Waals surface area contributed by atoms with Gasteiger partial charge in [-0.15, -0.1) is 0 Å². The van der Waals surface area contributed by atoms with Crippen molar-refractivity contribution in [2.45, 2.75) is 39.0 Å². The molecule has 0 aliphatic heterocycles. The summed E-state index contributed by atoms with van der Waals surface area (Å²) in [7, 11) is 0. The van der Waals surface area contributed by atoms with Crippen LogP contribution in [0.4, 0.5) is 0 Å². The van der Waals surface area contributed by atoms with E-state index in [1.807, 2.05) is 0 Å². The summed E-state index contributed by atoms with van der Waals surface area (Å²) in [5, 5.41) is 17.7. The summed E-state index contributed by atoms with van der Waals surface area (Å²) in [5.41, 5.74) is 0.705. The molecule has 0 aromatic carbocycles. The predicted molar refractivity (Wildman–Crippen MR) is 52.5 cm³/mol. The number of allylic oxidation sites excluding steroid dienone is 1. The second kappa shape index (κ2) is 4.80. The van der Waals surface area contributed by atoms with Gasteiger partial charge in [0, 0.05) is 11.1 Å². The maximum absolute atomic E-state index is 10.7. The van der Waals surface area contributed by atoms with E-state index in [2.05, 4.69) is 6.07 Å². The van der Waals surface area contributed by atoms with E-state index in [1.54, 1.807) is 0 Å². The zero-order valence-electron chi connectivity index (χ0n) is 8.42. The number of hydrogen-bond acceptors (Lipinski definition) is 2. The Balaban J connectivity index is 2.85. The predicted octanol–water partition coefficient (Wildman–Crippen LogP) is 2.49. The number of carbonyl (C=O) groups is 1. The van der Waals surface area contributed by atoms with Crippen molar-refractivity contribution in [3.63, 3.8) is 0 Å². The summed E-state index contributed by atoms with van der Waals surface area (Å²) in [6, 6.07) is 2.05. The van der Waals surface area contributed by atoms with Gasteiger partial charge < -0.3 is 5.11 Å². The van der Waals surface area contributed by atoms with Crippen molar-refractivity contribution in [3.05, 3.63) is 11.1 Å². The lowest BCUT2D eigenvalue weighted by atomic mass is 9.82. The second-order valence-corrected chi connectivity index (χ2v) is 3.79. The minimum absolute atomic E-state index is 0.185. The summed E-state index contributed by atoms with van der Waals surface area (Å²) < 4.78 is 0. The summed E-state index contributed by atoms with van der Waals surface area (Å²) in [6.07, 6.45) is 5.37. The Kier molecular flexibility index (Phi) is 3.70. The third-order valence-electron chi connectivity index (χ3n) is 2.86. The van der Waals surface area contributed by atoms with Crippen molar-refractivity contribution in [1.82, 2.24) is 0 Å². The van der Waals surface area contributed by atoms with Gasteiger partial charge in [-0.05, 0) is 25.7 Å². The Hall–Kier alpha value is -1.30. The van der Waals surface area contributed by atoms with Crippen LogP contribution in [0, 0.1) is 17.2 Å². The zero-order valence-corrected chi connectivity index (χ0v) is 8.42. The molecule has 3 heteroatoms. The van der Waals surface area contributed by atoms with Crippen LogP contribution in [0.1, 0.15) is 39.0 Å². The minimum atomic E-state index is -0.966. The molecule has 0 spiro atoms. The van der Waals surface area contributed by atoms with Crippen molar-refractivity contribution in [2.75, 3.05) is 0 Å². The number of nitrogens with zero attached hydrogens (tertiary/aromatic N) is 1. The van der Waals surface area contributed by atoms with E-state index in [0.717, 1.165) is 25.7 Å². The highest BCUT2D eigenvalue weighted by Gasteiger charge is 2.21. The van der Waals surface area contributed by atoms with Gasteiger partial charge in [0.2, 0.25) is 0 Å². The fourth-order valence-electron chi connectivity index (χ4n) is 1.99. The number of carboxylic acid groups (broad SMARTS) is 1. The standard InChI is InChI=1S/C11H15NO2/c1-8(11(13)14)10(7-12)9-5-3-2-4-6-9/h9H,2-6H2,1H3,(H,13,14). The Morgan fingerprint density at radius 1 is 1.36 bits per heavy atom. The van der Waals surface area contributed by atoms with Gasteiger partial charge in [-0.2, -0.15) is 5.26 Å². The van der Waals surface area contributed by atoms with Gasteiger partial charge in [0.05, 0.1) is 6.07 Å². The first kappa shape index (κ1) is 10.8. The molecule has 0 radical (unpaired) electrons. The highest BCUT2D eigenvalue weighted by atomic mass is 16.4. The van der Waals surface area contributed by atoms with Crippen LogP contribution in [0.15, 0.2) is 11.1 Å². The first-order valence-electron chi connectivity index (χ1n) is 5.01. The van der Waals surface area contributed by atoms with E-state index in [1.165, 1.54) is 13.3 Å². The normalized spacial score (nSPS) is 19.7. The molecule has 0 aromatic rings. The van der Waals surface area contributed by atoms with Gasteiger partial charge >= 0.3 is 5.97 Å². The van der Waals surface area contributed by atoms with Crippen LogP contribution >= 0.6 is 0 Å². The fourth-order valence-corrected chi connectivity index (χ4v) is 1.99. The Morgan fingerprint density at radius 2 is 1.93 bits per heavy atom. The second-order valence-electron chi connectivity index (χ2n) is 3.79. The van der Waals surface area contributed by atoms with Gasteiger partial charge in [0.15, 0.2) is 0 Å². The summed E-state index contributed by atoms with van der Waals surface area (Å²) in [6.45, 7) is 1.52. The van der Waals surface area contributed by atoms with Gasteiger partial charge in [0.25, 0.3) is 0 Å². The SMILES string of the molecule is CC(C(=O)O)=C(C#N)C1CCCCC1. The van der Waals surface area contributed by atoms with Crippen LogP contribution in [0.5, 0.6) is 0 Å². The average Bonchev–Trinajstić information content (AvgIpc) is 2.20. The van der Waals surface area contributed by atoms with Crippen LogP contribution in [-0.2, 0) is 4.79 Å². The molecule has 1 saturated carbocycles. The van der Waals surface area contributed by atoms with Gasteiger partial charge in [-0.1, -0.05) is 19.3 Å². The molecule has 0 atom stereocenters. The molecule has 1 N–H and O–H groups in total. The van der Waals surface area contributed by atoms with E-state index >= 15 is 0 Å². The summed E-state index contributed by atoms with van der Waals surface area (Å²) >= 11 is 0. The lowest BCUT2D eigenvalue weighted by Crippen LogP contribution is -2.12. The van der Waals surface area contributed by atoms with E-state index in [-0.39, 0.29) is 11.5 Å². The smallest absolute Gasteiger partial charge is 0.332 e. The largest absolute Gasteiger partial charge is 0.478 e. The first-order chi connectivity index (χ1) is 6.66. The molecule has 1 rings (SSSR count). The van der Waals surface area contributed by atoms with Crippen LogP contribution in [0.2, 0.25) is 0 Å². The number of rotatable bonds is 2. The third kappa shape index (κ3) is 2.35. The average molecular weight is 193 g/mol. The fraction of sp³-hybridized carbons (Fsp3) is 0.636. The Labute approximate surface area is 84.0 Å². The summed E-state index contributed by atoms with van der Waals surface area (Å²) in [4.78, 5) is 10.7. The molecule has 0 unspecified atom stereocenters. The molecule has 1 fully saturated rings. The van der Waals surface area contributed by atoms with Crippen LogP contribution in [0.3, 0.4) is 0 Å². The van der Waals surface area contributed by atoms with Crippen molar-refractivity contribution >= 4 is 5.97 Å². The maximum Gasteiger partial charge on any atom is 0.332 e. The molecule has 76 valence electrons. The minimum Gasteiger partial charge on any atom is -0.478 e. The van der Waals surface area contributed by atoms with E-state index in [9.17, 15) is 4.79 Å². The number of nitriles is 1. The topological polar surface area (TPSA) is 61.1 Å². The molecular formula is C11H15NO2. The Morgan fingerprint density at radius 3 is 2.36 bits per heavy atom. The van der Waals surface area contributed by atoms with Gasteiger partial charge in [0.1, 0.15) is 0 Å². The Bertz CT molecular complexity index is 293. The lowest BCUT2D eigenvalue weighted by molar-refractivity contribution is -0.132. The molecule has 0 bridgehead atoms. The molecule has 0 aromatic heterocycles. The highest BCUT2D eigenvalue weighted by Crippen LogP contribution is 2.30. The maximum atomic E-state index is 10.7. The molecule has 1 aliphatic carbocycles. The van der Waals surface area contributed by atoms with Crippen LogP contribution < -0.4 is 0 Å². The monoisotopic (exact) mass is 193 g/mol. The first-order valence-corrected chi connectivity index (χ1v) is 5.01.